The van der Waals surface area contributed by atoms with Crippen LogP contribution in [0.5, 0.6) is 0 Å². The highest BCUT2D eigenvalue weighted by Gasteiger charge is 2.38. The number of hydrogen-bond donors (Lipinski definition) is 2. The van der Waals surface area contributed by atoms with Gasteiger partial charge in [-0.05, 0) is 18.2 Å². The van der Waals surface area contributed by atoms with Crippen LogP contribution < -0.4 is 5.46 Å². The highest BCUT2D eigenvalue weighted by molar-refractivity contribution is 6.59. The van der Waals surface area contributed by atoms with Gasteiger partial charge in [0.2, 0.25) is 0 Å². The van der Waals surface area contributed by atoms with E-state index in [4.69, 9.17) is 10.0 Å². The molecule has 0 aliphatic rings. The normalized spacial score (nSPS) is 12.3. The second-order valence-electron chi connectivity index (χ2n) is 4.58. The fraction of sp³-hybridized carbons (Fsp3) is 0.154. The zero-order valence-corrected chi connectivity index (χ0v) is 11.2. The molecule has 1 aromatic heterocycles. The maximum absolute atomic E-state index is 12.9. The molecular formula is C13H8BF6NO2. The van der Waals surface area contributed by atoms with Crippen LogP contribution >= 0.6 is 0 Å². The van der Waals surface area contributed by atoms with Crippen molar-refractivity contribution in [1.82, 2.24) is 4.98 Å². The van der Waals surface area contributed by atoms with E-state index in [1.807, 2.05) is 0 Å². The zero-order valence-electron chi connectivity index (χ0n) is 11.2. The molecule has 0 saturated heterocycles. The Kier molecular flexibility index (Phi) is 4.40. The molecule has 1 aromatic carbocycles. The van der Waals surface area contributed by atoms with Gasteiger partial charge in [0.25, 0.3) is 0 Å². The molecule has 2 rings (SSSR count). The monoisotopic (exact) mass is 335 g/mol. The Labute approximate surface area is 126 Å². The molecule has 0 aliphatic heterocycles. The van der Waals surface area contributed by atoms with E-state index < -0.39 is 36.2 Å². The van der Waals surface area contributed by atoms with Crippen molar-refractivity contribution in [2.45, 2.75) is 12.4 Å². The summed E-state index contributed by atoms with van der Waals surface area (Å²) in [4.78, 5) is 3.30. The predicted molar refractivity (Wildman–Crippen MR) is 69.5 cm³/mol. The molecule has 1 heterocycles. The number of hydrogen-bond acceptors (Lipinski definition) is 3. The Morgan fingerprint density at radius 3 is 1.78 bits per heavy atom. The van der Waals surface area contributed by atoms with Crippen molar-refractivity contribution in [3.63, 3.8) is 0 Å². The van der Waals surface area contributed by atoms with Crippen LogP contribution in [-0.4, -0.2) is 22.2 Å². The molecule has 122 valence electrons. The molecular weight excluding hydrogens is 327 g/mol. The minimum atomic E-state index is -4.94. The first kappa shape index (κ1) is 17.3. The van der Waals surface area contributed by atoms with E-state index in [1.54, 1.807) is 0 Å². The third-order valence-electron chi connectivity index (χ3n) is 2.98. The lowest BCUT2D eigenvalue weighted by molar-refractivity contribution is -0.140. The second-order valence-corrected chi connectivity index (χ2v) is 4.58. The summed E-state index contributed by atoms with van der Waals surface area (Å²) < 4.78 is 76.1. The van der Waals surface area contributed by atoms with Crippen LogP contribution in [0.1, 0.15) is 11.3 Å². The summed E-state index contributed by atoms with van der Waals surface area (Å²) in [5.41, 5.74) is -3.50. The minimum Gasteiger partial charge on any atom is -0.423 e. The Morgan fingerprint density at radius 1 is 0.783 bits per heavy atom. The summed E-state index contributed by atoms with van der Waals surface area (Å²) >= 11 is 0. The maximum Gasteiger partial charge on any atom is 0.490 e. The van der Waals surface area contributed by atoms with Crippen LogP contribution in [0, 0.1) is 0 Å². The Balaban J connectivity index is 2.49. The van der Waals surface area contributed by atoms with E-state index >= 15 is 0 Å². The van der Waals surface area contributed by atoms with Crippen LogP contribution in [0.25, 0.3) is 11.3 Å². The molecule has 0 spiro atoms. The molecule has 3 nitrogen and oxygen atoms in total. The van der Waals surface area contributed by atoms with Gasteiger partial charge < -0.3 is 10.0 Å². The third kappa shape index (κ3) is 3.83. The third-order valence-corrected chi connectivity index (χ3v) is 2.98. The van der Waals surface area contributed by atoms with Gasteiger partial charge in [-0.15, -0.1) is 0 Å². The molecule has 2 aromatic rings. The van der Waals surface area contributed by atoms with E-state index in [1.165, 1.54) is 0 Å². The van der Waals surface area contributed by atoms with E-state index in [2.05, 4.69) is 4.98 Å². The Morgan fingerprint density at radius 2 is 1.35 bits per heavy atom. The molecule has 23 heavy (non-hydrogen) atoms. The van der Waals surface area contributed by atoms with Gasteiger partial charge in [0, 0.05) is 11.0 Å². The first-order chi connectivity index (χ1) is 10.5. The molecule has 0 amide bonds. The van der Waals surface area contributed by atoms with Crippen LogP contribution in [0.2, 0.25) is 0 Å². The number of benzene rings is 1. The molecule has 0 fully saturated rings. The summed E-state index contributed by atoms with van der Waals surface area (Å²) in [6, 6.07) is 5.29. The number of nitrogens with zero attached hydrogens (tertiary/aromatic N) is 1. The van der Waals surface area contributed by atoms with E-state index in [0.29, 0.717) is 0 Å². The van der Waals surface area contributed by atoms with E-state index in [9.17, 15) is 26.3 Å². The number of pyridine rings is 1. The molecule has 10 heteroatoms. The van der Waals surface area contributed by atoms with Gasteiger partial charge in [0.05, 0.1) is 11.3 Å². The topological polar surface area (TPSA) is 53.4 Å². The van der Waals surface area contributed by atoms with Crippen molar-refractivity contribution in [2.75, 3.05) is 0 Å². The number of rotatable bonds is 2. The van der Waals surface area contributed by atoms with Gasteiger partial charge >= 0.3 is 19.5 Å². The molecule has 2 N–H and O–H groups in total. The predicted octanol–water partition coefficient (Wildman–Crippen LogP) is 2.47. The number of alkyl halides is 6. The lowest BCUT2D eigenvalue weighted by Crippen LogP contribution is -2.37. The SMILES string of the molecule is OB(O)c1ccc(-c2ccc(C(F)(F)F)cc2)nc1C(F)(F)F. The Bertz CT molecular complexity index is 697. The number of halogens is 6. The van der Waals surface area contributed by atoms with E-state index in [-0.39, 0.29) is 11.3 Å². The van der Waals surface area contributed by atoms with Gasteiger partial charge in [0.15, 0.2) is 0 Å². The fourth-order valence-electron chi connectivity index (χ4n) is 1.90. The maximum atomic E-state index is 12.9. The molecule has 0 bridgehead atoms. The summed E-state index contributed by atoms with van der Waals surface area (Å²) in [5, 5.41) is 17.9. The van der Waals surface area contributed by atoms with Crippen LogP contribution in [0.3, 0.4) is 0 Å². The van der Waals surface area contributed by atoms with Crippen LogP contribution in [0.4, 0.5) is 26.3 Å². The summed E-state index contributed by atoms with van der Waals surface area (Å²) in [5.74, 6) is 0. The highest BCUT2D eigenvalue weighted by atomic mass is 19.4. The average molecular weight is 335 g/mol. The van der Waals surface area contributed by atoms with Crippen LogP contribution in [-0.2, 0) is 12.4 Å². The van der Waals surface area contributed by atoms with Crippen LogP contribution in [0.15, 0.2) is 36.4 Å². The molecule has 0 aliphatic carbocycles. The van der Waals surface area contributed by atoms with Crippen molar-refractivity contribution < 1.29 is 36.4 Å². The van der Waals surface area contributed by atoms with Crippen molar-refractivity contribution in [2.24, 2.45) is 0 Å². The van der Waals surface area contributed by atoms with Gasteiger partial charge in [-0.25, -0.2) is 4.98 Å². The van der Waals surface area contributed by atoms with Crippen molar-refractivity contribution >= 4 is 12.6 Å². The number of aromatic nitrogens is 1. The molecule has 0 atom stereocenters. The highest BCUT2D eigenvalue weighted by Crippen LogP contribution is 2.32. The summed E-state index contributed by atoms with van der Waals surface area (Å²) in [6.45, 7) is 0. The van der Waals surface area contributed by atoms with Crippen molar-refractivity contribution in [3.05, 3.63) is 47.7 Å². The average Bonchev–Trinajstić information content (AvgIpc) is 2.45. The fourth-order valence-corrected chi connectivity index (χ4v) is 1.90. The van der Waals surface area contributed by atoms with Crippen molar-refractivity contribution in [1.29, 1.82) is 0 Å². The first-order valence-corrected chi connectivity index (χ1v) is 6.12. The van der Waals surface area contributed by atoms with Gasteiger partial charge in [-0.2, -0.15) is 26.3 Å². The summed E-state index contributed by atoms with van der Waals surface area (Å²) in [6.07, 6.45) is -9.51. The first-order valence-electron chi connectivity index (χ1n) is 6.12. The van der Waals surface area contributed by atoms with Gasteiger partial charge in [0.1, 0.15) is 5.69 Å². The van der Waals surface area contributed by atoms with E-state index in [0.717, 1.165) is 36.4 Å². The molecule has 0 radical (unpaired) electrons. The summed E-state index contributed by atoms with van der Waals surface area (Å²) in [7, 11) is -2.37. The standard InChI is InChI=1S/C13H8BF6NO2/c15-12(16,17)8-3-1-7(2-4-8)10-6-5-9(14(22)23)11(21-10)13(18,19)20/h1-6,22-23H. The quantitative estimate of drug-likeness (QED) is 0.655. The smallest absolute Gasteiger partial charge is 0.423 e. The largest absolute Gasteiger partial charge is 0.490 e. The van der Waals surface area contributed by atoms with Gasteiger partial charge in [-0.3, -0.25) is 0 Å². The Hall–Kier alpha value is -2.07. The van der Waals surface area contributed by atoms with Crippen molar-refractivity contribution in [3.8, 4) is 11.3 Å². The lowest BCUT2D eigenvalue weighted by Gasteiger charge is -2.13. The zero-order chi connectivity index (χ0) is 17.4. The van der Waals surface area contributed by atoms with Gasteiger partial charge in [-0.1, -0.05) is 18.2 Å². The minimum absolute atomic E-state index is 0.0301. The second kappa shape index (κ2) is 5.86. The molecule has 0 unspecified atom stereocenters. The molecule has 0 saturated carbocycles. The lowest BCUT2D eigenvalue weighted by atomic mass is 9.78.